The van der Waals surface area contributed by atoms with Crippen molar-refractivity contribution in [1.82, 2.24) is 0 Å². The number of methoxy groups -OCH3 is 1. The van der Waals surface area contributed by atoms with E-state index >= 15 is 0 Å². The van der Waals surface area contributed by atoms with Crippen molar-refractivity contribution in [1.29, 1.82) is 0 Å². The Labute approximate surface area is 153 Å². The highest BCUT2D eigenvalue weighted by molar-refractivity contribution is 7.99. The number of hydrogen-bond acceptors (Lipinski definition) is 3. The van der Waals surface area contributed by atoms with Crippen molar-refractivity contribution >= 4 is 22.5 Å². The number of thioether (sulfide) groups is 1. The molecule has 0 amide bonds. The number of nitrogens with two attached hydrogens (primary N) is 1. The summed E-state index contributed by atoms with van der Waals surface area (Å²) in [6.45, 7) is 0. The third-order valence-corrected chi connectivity index (χ3v) is 6.22. The zero-order valence-corrected chi connectivity index (χ0v) is 14.7. The number of halogens is 3. The van der Waals surface area contributed by atoms with Crippen LogP contribution in [0.4, 0.5) is 13.2 Å². The standard InChI is InChI=1S/C20H16F3NOS/c1-25-11-4-2-10-3-5-19-13(12(10)6-11)8-18(24)20(26-19)14-7-16(22)17(23)9-15(14)21/h2-7,9,18,20H,8,24H2,1H3/t18-,20?/m0/s1. The van der Waals surface area contributed by atoms with Crippen LogP contribution in [0.3, 0.4) is 0 Å². The van der Waals surface area contributed by atoms with Gasteiger partial charge in [-0.25, -0.2) is 13.2 Å². The van der Waals surface area contributed by atoms with E-state index in [1.165, 1.54) is 11.8 Å². The number of hydrogen-bond donors (Lipinski definition) is 1. The minimum atomic E-state index is -1.20. The van der Waals surface area contributed by atoms with Crippen LogP contribution in [0.1, 0.15) is 16.4 Å². The molecule has 2 N–H and O–H groups in total. The van der Waals surface area contributed by atoms with Crippen molar-refractivity contribution in [3.05, 3.63) is 71.0 Å². The van der Waals surface area contributed by atoms with Crippen LogP contribution >= 0.6 is 11.8 Å². The van der Waals surface area contributed by atoms with Gasteiger partial charge in [-0.1, -0.05) is 12.1 Å². The predicted octanol–water partition coefficient (Wildman–Crippen LogP) is 4.98. The van der Waals surface area contributed by atoms with Gasteiger partial charge in [0.1, 0.15) is 11.6 Å². The highest BCUT2D eigenvalue weighted by Gasteiger charge is 2.31. The summed E-state index contributed by atoms with van der Waals surface area (Å²) in [7, 11) is 1.61. The van der Waals surface area contributed by atoms with Crippen molar-refractivity contribution < 1.29 is 17.9 Å². The molecule has 0 saturated carbocycles. The lowest BCUT2D eigenvalue weighted by Gasteiger charge is -2.31. The predicted molar refractivity (Wildman–Crippen MR) is 97.1 cm³/mol. The highest BCUT2D eigenvalue weighted by atomic mass is 32.2. The quantitative estimate of drug-likeness (QED) is 0.642. The van der Waals surface area contributed by atoms with Gasteiger partial charge in [0.05, 0.1) is 12.4 Å². The molecule has 3 aromatic carbocycles. The molecule has 1 aliphatic heterocycles. The minimum absolute atomic E-state index is 0.0952. The van der Waals surface area contributed by atoms with E-state index in [0.29, 0.717) is 12.5 Å². The summed E-state index contributed by atoms with van der Waals surface area (Å²) in [5.74, 6) is -2.29. The van der Waals surface area contributed by atoms with E-state index in [1.807, 2.05) is 30.3 Å². The Morgan fingerprint density at radius 2 is 1.73 bits per heavy atom. The molecule has 4 rings (SSSR count). The lowest BCUT2D eigenvalue weighted by Crippen LogP contribution is -2.32. The molecule has 0 spiro atoms. The second-order valence-corrected chi connectivity index (χ2v) is 7.51. The second kappa shape index (κ2) is 6.52. The van der Waals surface area contributed by atoms with Crippen LogP contribution < -0.4 is 10.5 Å². The molecule has 1 aliphatic rings. The first-order chi connectivity index (χ1) is 12.5. The van der Waals surface area contributed by atoms with Crippen molar-refractivity contribution in [2.24, 2.45) is 5.73 Å². The van der Waals surface area contributed by atoms with Crippen LogP contribution in [-0.2, 0) is 6.42 Å². The molecular formula is C20H16F3NOS. The number of rotatable bonds is 2. The number of benzene rings is 3. The van der Waals surface area contributed by atoms with Crippen LogP contribution in [0.25, 0.3) is 10.8 Å². The van der Waals surface area contributed by atoms with Crippen LogP contribution in [-0.4, -0.2) is 13.2 Å². The van der Waals surface area contributed by atoms with Crippen LogP contribution in [0, 0.1) is 17.5 Å². The topological polar surface area (TPSA) is 35.2 Å². The smallest absolute Gasteiger partial charge is 0.161 e. The Morgan fingerprint density at radius 3 is 2.50 bits per heavy atom. The Hall–Kier alpha value is -2.18. The molecule has 1 heterocycles. The molecule has 2 nitrogen and oxygen atoms in total. The molecule has 0 aromatic heterocycles. The first kappa shape index (κ1) is 17.2. The summed E-state index contributed by atoms with van der Waals surface area (Å²) in [6, 6.07) is 10.8. The van der Waals surface area contributed by atoms with Gasteiger partial charge >= 0.3 is 0 Å². The van der Waals surface area contributed by atoms with Crippen molar-refractivity contribution in [2.45, 2.75) is 22.6 Å². The fraction of sp³-hybridized carbons (Fsp3) is 0.200. The zero-order valence-electron chi connectivity index (χ0n) is 13.9. The molecule has 6 heteroatoms. The van der Waals surface area contributed by atoms with Crippen LogP contribution in [0.5, 0.6) is 5.75 Å². The molecule has 0 fully saturated rings. The van der Waals surface area contributed by atoms with Gasteiger partial charge in [0.25, 0.3) is 0 Å². The fourth-order valence-electron chi connectivity index (χ4n) is 3.41. The molecule has 2 atom stereocenters. The van der Waals surface area contributed by atoms with Crippen molar-refractivity contribution in [3.8, 4) is 5.75 Å². The molecule has 0 bridgehead atoms. The summed E-state index contributed by atoms with van der Waals surface area (Å²) in [5.41, 5.74) is 7.47. The van der Waals surface area contributed by atoms with Gasteiger partial charge in [-0.3, -0.25) is 0 Å². The normalized spacial score (nSPS) is 19.4. The molecule has 1 unspecified atom stereocenters. The molecule has 0 aliphatic carbocycles. The van der Waals surface area contributed by atoms with E-state index in [0.717, 1.165) is 33.0 Å². The van der Waals surface area contributed by atoms with Gasteiger partial charge in [-0.05, 0) is 47.0 Å². The Morgan fingerprint density at radius 1 is 1.00 bits per heavy atom. The molecular weight excluding hydrogens is 359 g/mol. The molecule has 3 aromatic rings. The van der Waals surface area contributed by atoms with Crippen molar-refractivity contribution in [3.63, 3.8) is 0 Å². The Kier molecular flexibility index (Phi) is 4.32. The summed E-state index contributed by atoms with van der Waals surface area (Å²) < 4.78 is 46.4. The summed E-state index contributed by atoms with van der Waals surface area (Å²) >= 11 is 1.38. The van der Waals surface area contributed by atoms with E-state index in [4.69, 9.17) is 10.5 Å². The lowest BCUT2D eigenvalue weighted by molar-refractivity contribution is 0.415. The fourth-order valence-corrected chi connectivity index (χ4v) is 4.74. The molecule has 0 saturated heterocycles. The Bertz CT molecular complexity index is 1010. The average molecular weight is 375 g/mol. The van der Waals surface area contributed by atoms with Crippen LogP contribution in [0.2, 0.25) is 0 Å². The minimum Gasteiger partial charge on any atom is -0.497 e. The van der Waals surface area contributed by atoms with Gasteiger partial charge in [0, 0.05) is 22.6 Å². The Balaban J connectivity index is 1.80. The third kappa shape index (κ3) is 2.83. The maximum absolute atomic E-state index is 14.2. The van der Waals surface area contributed by atoms with Gasteiger partial charge in [-0.2, -0.15) is 0 Å². The van der Waals surface area contributed by atoms with Gasteiger partial charge in [-0.15, -0.1) is 11.8 Å². The zero-order chi connectivity index (χ0) is 18.4. The number of ether oxygens (including phenoxy) is 1. The average Bonchev–Trinajstić information content (AvgIpc) is 2.64. The second-order valence-electron chi connectivity index (χ2n) is 6.32. The third-order valence-electron chi connectivity index (χ3n) is 4.73. The highest BCUT2D eigenvalue weighted by Crippen LogP contribution is 2.47. The maximum atomic E-state index is 14.2. The first-order valence-corrected chi connectivity index (χ1v) is 9.02. The van der Waals surface area contributed by atoms with E-state index in [1.54, 1.807) is 7.11 Å². The molecule has 134 valence electrons. The monoisotopic (exact) mass is 375 g/mol. The summed E-state index contributed by atoms with van der Waals surface area (Å²) in [4.78, 5) is 0.960. The van der Waals surface area contributed by atoms with Gasteiger partial charge in [0.15, 0.2) is 11.6 Å². The van der Waals surface area contributed by atoms with E-state index < -0.39 is 28.7 Å². The van der Waals surface area contributed by atoms with Gasteiger partial charge in [0.2, 0.25) is 0 Å². The maximum Gasteiger partial charge on any atom is 0.161 e. The largest absolute Gasteiger partial charge is 0.497 e. The van der Waals surface area contributed by atoms with E-state index in [9.17, 15) is 13.2 Å². The SMILES string of the molecule is COc1ccc2ccc3c(c2c1)C[C@H](N)C(c1cc(F)c(F)cc1F)S3. The first-order valence-electron chi connectivity index (χ1n) is 8.14. The number of fused-ring (bicyclic) bond motifs is 3. The molecule has 26 heavy (non-hydrogen) atoms. The van der Waals surface area contributed by atoms with Gasteiger partial charge < -0.3 is 10.5 Å². The van der Waals surface area contributed by atoms with E-state index in [-0.39, 0.29) is 5.56 Å². The van der Waals surface area contributed by atoms with Crippen molar-refractivity contribution in [2.75, 3.05) is 7.11 Å². The molecule has 0 radical (unpaired) electrons. The lowest BCUT2D eigenvalue weighted by atomic mass is 9.94. The van der Waals surface area contributed by atoms with Crippen LogP contribution in [0.15, 0.2) is 47.4 Å². The summed E-state index contributed by atoms with van der Waals surface area (Å²) in [6.07, 6.45) is 0.510. The van der Waals surface area contributed by atoms with E-state index in [2.05, 4.69) is 0 Å². The summed E-state index contributed by atoms with van der Waals surface area (Å²) in [5, 5.41) is 1.62.